The summed E-state index contributed by atoms with van der Waals surface area (Å²) in [5.74, 6) is -0.0291. The largest absolute Gasteiger partial charge is 0.437 e. The van der Waals surface area contributed by atoms with Gasteiger partial charge in [0.25, 0.3) is 5.91 Å². The van der Waals surface area contributed by atoms with Crippen LogP contribution in [0.5, 0.6) is 11.6 Å². The minimum Gasteiger partial charge on any atom is -0.437 e. The zero-order valence-corrected chi connectivity index (χ0v) is 16.8. The molecule has 1 saturated heterocycles. The first-order chi connectivity index (χ1) is 13.0. The maximum atomic E-state index is 13.3. The summed E-state index contributed by atoms with van der Waals surface area (Å²) in [5.41, 5.74) is 0.346. The van der Waals surface area contributed by atoms with Gasteiger partial charge in [-0.2, -0.15) is 0 Å². The number of carbonyl (C=O) groups excluding carboxylic acids is 1. The highest BCUT2D eigenvalue weighted by Crippen LogP contribution is 2.30. The predicted molar refractivity (Wildman–Crippen MR) is 106 cm³/mol. The van der Waals surface area contributed by atoms with E-state index in [1.165, 1.54) is 37.5 Å². The van der Waals surface area contributed by atoms with Crippen LogP contribution in [0.2, 0.25) is 0 Å². The van der Waals surface area contributed by atoms with Crippen LogP contribution in [0.4, 0.5) is 4.39 Å². The lowest BCUT2D eigenvalue weighted by molar-refractivity contribution is 0.0922. The van der Waals surface area contributed by atoms with E-state index >= 15 is 0 Å². The molecule has 2 aromatic rings. The average molecular weight is 436 g/mol. The third-order valence-corrected chi connectivity index (χ3v) is 5.09. The molecule has 1 aromatic carbocycles. The average Bonchev–Trinajstić information content (AvgIpc) is 2.65. The van der Waals surface area contributed by atoms with Crippen LogP contribution in [-0.4, -0.2) is 41.5 Å². The van der Waals surface area contributed by atoms with Crippen molar-refractivity contribution in [3.63, 3.8) is 0 Å². The van der Waals surface area contributed by atoms with Gasteiger partial charge in [-0.15, -0.1) is 0 Å². The van der Waals surface area contributed by atoms with Crippen LogP contribution in [0.15, 0.2) is 41.0 Å². The van der Waals surface area contributed by atoms with Crippen molar-refractivity contribution in [2.45, 2.75) is 32.2 Å². The third-order valence-electron chi connectivity index (χ3n) is 4.47. The van der Waals surface area contributed by atoms with E-state index in [0.717, 1.165) is 19.6 Å². The molecule has 7 heteroatoms. The molecule has 3 rings (SSSR count). The zero-order valence-electron chi connectivity index (χ0n) is 15.3. The number of aromatic nitrogens is 1. The Morgan fingerprint density at radius 1 is 1.33 bits per heavy atom. The number of benzene rings is 1. The van der Waals surface area contributed by atoms with E-state index in [0.29, 0.717) is 15.8 Å². The van der Waals surface area contributed by atoms with Crippen molar-refractivity contribution in [2.75, 3.05) is 19.6 Å². The molecule has 0 radical (unpaired) electrons. The van der Waals surface area contributed by atoms with E-state index in [9.17, 15) is 9.18 Å². The topological polar surface area (TPSA) is 54.5 Å². The molecule has 1 amide bonds. The molecule has 1 aliphatic rings. The first-order valence-corrected chi connectivity index (χ1v) is 9.93. The van der Waals surface area contributed by atoms with Gasteiger partial charge in [0.2, 0.25) is 5.88 Å². The lowest BCUT2D eigenvalue weighted by Crippen LogP contribution is -2.43. The second-order valence-electron chi connectivity index (χ2n) is 6.77. The van der Waals surface area contributed by atoms with Crippen LogP contribution in [-0.2, 0) is 0 Å². The lowest BCUT2D eigenvalue weighted by Gasteiger charge is -2.29. The van der Waals surface area contributed by atoms with E-state index in [4.69, 9.17) is 4.74 Å². The highest BCUT2D eigenvalue weighted by molar-refractivity contribution is 9.10. The van der Waals surface area contributed by atoms with Crippen LogP contribution >= 0.6 is 15.9 Å². The number of likely N-dealkylation sites (tertiary alicyclic amines) is 1. The van der Waals surface area contributed by atoms with Gasteiger partial charge in [0, 0.05) is 18.8 Å². The minimum atomic E-state index is -0.375. The molecule has 1 aromatic heterocycles. The third kappa shape index (κ3) is 5.49. The van der Waals surface area contributed by atoms with Gasteiger partial charge in [-0.1, -0.05) is 6.42 Å². The standard InChI is InChI=1S/C20H23BrFN3O2/c1-14(13-25-10-3-2-4-11-25)24-19(26)16-6-5-9-23-20(16)27-18-8-7-15(22)12-17(18)21/h5-9,12,14H,2-4,10-11,13H2,1H3,(H,24,26). The number of piperidine rings is 1. The molecule has 5 nitrogen and oxygen atoms in total. The van der Waals surface area contributed by atoms with Crippen molar-refractivity contribution in [3.05, 3.63) is 52.4 Å². The van der Waals surface area contributed by atoms with Crippen molar-refractivity contribution >= 4 is 21.8 Å². The normalized spacial score (nSPS) is 16.0. The summed E-state index contributed by atoms with van der Waals surface area (Å²) < 4.78 is 19.5. The summed E-state index contributed by atoms with van der Waals surface area (Å²) in [6, 6.07) is 7.47. The van der Waals surface area contributed by atoms with Crippen molar-refractivity contribution in [2.24, 2.45) is 0 Å². The highest BCUT2D eigenvalue weighted by Gasteiger charge is 2.19. The van der Waals surface area contributed by atoms with Crippen molar-refractivity contribution in [1.82, 2.24) is 15.2 Å². The summed E-state index contributed by atoms with van der Waals surface area (Å²) in [4.78, 5) is 19.3. The van der Waals surface area contributed by atoms with E-state index in [-0.39, 0.29) is 23.6 Å². The van der Waals surface area contributed by atoms with E-state index in [1.807, 2.05) is 6.92 Å². The molecule has 0 saturated carbocycles. The van der Waals surface area contributed by atoms with Gasteiger partial charge in [-0.25, -0.2) is 9.37 Å². The molecule has 27 heavy (non-hydrogen) atoms. The van der Waals surface area contributed by atoms with Gasteiger partial charge in [-0.3, -0.25) is 4.79 Å². The Morgan fingerprint density at radius 3 is 2.85 bits per heavy atom. The smallest absolute Gasteiger partial charge is 0.257 e. The Bertz CT molecular complexity index is 797. The first kappa shape index (κ1) is 19.8. The summed E-state index contributed by atoms with van der Waals surface area (Å²) in [6.45, 7) is 4.99. The number of amides is 1. The molecular weight excluding hydrogens is 413 g/mol. The van der Waals surface area contributed by atoms with Crippen LogP contribution in [0.25, 0.3) is 0 Å². The monoisotopic (exact) mass is 435 g/mol. The van der Waals surface area contributed by atoms with Crippen molar-refractivity contribution in [3.8, 4) is 11.6 Å². The molecule has 1 atom stereocenters. The van der Waals surface area contributed by atoms with Crippen molar-refractivity contribution < 1.29 is 13.9 Å². The van der Waals surface area contributed by atoms with Gasteiger partial charge >= 0.3 is 0 Å². The Morgan fingerprint density at radius 2 is 2.11 bits per heavy atom. The molecular formula is C20H23BrFN3O2. The second-order valence-corrected chi connectivity index (χ2v) is 7.62. The maximum Gasteiger partial charge on any atom is 0.257 e. The number of carbonyl (C=O) groups is 1. The Kier molecular flexibility index (Phi) is 6.79. The number of hydrogen-bond donors (Lipinski definition) is 1. The van der Waals surface area contributed by atoms with E-state index in [2.05, 4.69) is 31.1 Å². The first-order valence-electron chi connectivity index (χ1n) is 9.14. The molecule has 2 heterocycles. The van der Waals surface area contributed by atoms with Gasteiger partial charge in [0.1, 0.15) is 17.1 Å². The molecule has 1 fully saturated rings. The van der Waals surface area contributed by atoms with E-state index < -0.39 is 0 Å². The van der Waals surface area contributed by atoms with Crippen molar-refractivity contribution in [1.29, 1.82) is 0 Å². The number of ether oxygens (including phenoxy) is 1. The summed E-state index contributed by atoms with van der Waals surface area (Å²) in [6.07, 6.45) is 5.27. The van der Waals surface area contributed by atoms with Gasteiger partial charge < -0.3 is 15.0 Å². The molecule has 144 valence electrons. The Labute approximate surface area is 167 Å². The quantitative estimate of drug-likeness (QED) is 0.731. The van der Waals surface area contributed by atoms with E-state index in [1.54, 1.807) is 18.3 Å². The number of halogens is 2. The van der Waals surface area contributed by atoms with Crippen LogP contribution in [0.3, 0.4) is 0 Å². The summed E-state index contributed by atoms with van der Waals surface area (Å²) in [7, 11) is 0. The molecule has 0 bridgehead atoms. The highest BCUT2D eigenvalue weighted by atomic mass is 79.9. The molecule has 1 N–H and O–H groups in total. The fourth-order valence-electron chi connectivity index (χ4n) is 3.18. The number of rotatable bonds is 6. The van der Waals surface area contributed by atoms with Gasteiger partial charge in [0.05, 0.1) is 4.47 Å². The zero-order chi connectivity index (χ0) is 19.2. The van der Waals surface area contributed by atoms with Crippen LogP contribution in [0, 0.1) is 5.82 Å². The number of nitrogens with zero attached hydrogens (tertiary/aromatic N) is 2. The summed E-state index contributed by atoms with van der Waals surface area (Å²) >= 11 is 3.26. The van der Waals surface area contributed by atoms with Crippen LogP contribution in [0.1, 0.15) is 36.5 Å². The number of nitrogens with one attached hydrogen (secondary N) is 1. The fraction of sp³-hybridized carbons (Fsp3) is 0.400. The predicted octanol–water partition coefficient (Wildman–Crippen LogP) is 4.38. The molecule has 1 aliphatic heterocycles. The number of hydrogen-bond acceptors (Lipinski definition) is 4. The maximum absolute atomic E-state index is 13.3. The molecule has 0 aliphatic carbocycles. The fourth-order valence-corrected chi connectivity index (χ4v) is 3.62. The minimum absolute atomic E-state index is 0.0150. The lowest BCUT2D eigenvalue weighted by atomic mass is 10.1. The SMILES string of the molecule is CC(CN1CCCCC1)NC(=O)c1cccnc1Oc1ccc(F)cc1Br. The van der Waals surface area contributed by atoms with Crippen LogP contribution < -0.4 is 10.1 Å². The Hall–Kier alpha value is -1.99. The Balaban J connectivity index is 1.67. The van der Waals surface area contributed by atoms with Gasteiger partial charge in [-0.05, 0) is 79.1 Å². The second kappa shape index (κ2) is 9.28. The number of pyridine rings is 1. The molecule has 0 spiro atoms. The molecule has 1 unspecified atom stereocenters. The summed E-state index contributed by atoms with van der Waals surface area (Å²) in [5, 5.41) is 3.02. The van der Waals surface area contributed by atoms with Gasteiger partial charge in [0.15, 0.2) is 0 Å².